The Hall–Kier alpha value is -4.31. The van der Waals surface area contributed by atoms with E-state index in [-0.39, 0.29) is 39.9 Å². The van der Waals surface area contributed by atoms with Gasteiger partial charge in [0, 0.05) is 18.7 Å². The monoisotopic (exact) mass is 499 g/mol. The van der Waals surface area contributed by atoms with Gasteiger partial charge in [-0.15, -0.1) is 0 Å². The lowest BCUT2D eigenvalue weighted by Crippen LogP contribution is -2.30. The van der Waals surface area contributed by atoms with E-state index in [0.717, 1.165) is 17.7 Å². The third-order valence-electron chi connectivity index (χ3n) is 4.79. The van der Waals surface area contributed by atoms with Crippen molar-refractivity contribution in [1.29, 1.82) is 0 Å². The summed E-state index contributed by atoms with van der Waals surface area (Å²) in [6.07, 6.45) is 0.472. The maximum Gasteiger partial charge on any atom is 0.340 e. The molecule has 180 valence electrons. The number of carbonyl (C=O) groups is 3. The topological polar surface area (TPSA) is 128 Å². The standard InChI is InChI=1S/C24H19ClFN3O6/c25-20-13-17(29(33)34)9-10-18(20)23(31)28-21-4-2-1-3-19(21)24(32)35-14-22(30)27-12-11-15-5-7-16(26)8-6-15/h1-10,13H,11-12,14H2,(H,27,30)(H,28,31). The van der Waals surface area contributed by atoms with E-state index >= 15 is 0 Å². The number of hydrogen-bond donors (Lipinski definition) is 2. The van der Waals surface area contributed by atoms with Gasteiger partial charge >= 0.3 is 5.97 Å². The van der Waals surface area contributed by atoms with Gasteiger partial charge in [0.2, 0.25) is 0 Å². The number of nitrogens with zero attached hydrogens (tertiary/aromatic N) is 1. The highest BCUT2D eigenvalue weighted by Crippen LogP contribution is 2.24. The van der Waals surface area contributed by atoms with Crippen LogP contribution in [0.1, 0.15) is 26.3 Å². The summed E-state index contributed by atoms with van der Waals surface area (Å²) in [4.78, 5) is 47.3. The van der Waals surface area contributed by atoms with E-state index < -0.39 is 29.3 Å². The number of para-hydroxylation sites is 1. The molecular weight excluding hydrogens is 481 g/mol. The summed E-state index contributed by atoms with van der Waals surface area (Å²) >= 11 is 5.99. The van der Waals surface area contributed by atoms with E-state index in [9.17, 15) is 28.9 Å². The van der Waals surface area contributed by atoms with Crippen molar-refractivity contribution < 1.29 is 28.4 Å². The van der Waals surface area contributed by atoms with Gasteiger partial charge in [0.25, 0.3) is 17.5 Å². The molecule has 0 radical (unpaired) electrons. The summed E-state index contributed by atoms with van der Waals surface area (Å²) < 4.78 is 18.0. The molecule has 3 rings (SSSR count). The molecule has 3 aromatic rings. The lowest BCUT2D eigenvalue weighted by atomic mass is 10.1. The molecule has 0 aliphatic carbocycles. The number of nitrogens with one attached hydrogen (secondary N) is 2. The van der Waals surface area contributed by atoms with Gasteiger partial charge in [0.15, 0.2) is 6.61 Å². The summed E-state index contributed by atoms with van der Waals surface area (Å²) in [6, 6.07) is 15.2. The van der Waals surface area contributed by atoms with Crippen molar-refractivity contribution in [3.8, 4) is 0 Å². The predicted octanol–water partition coefficient (Wildman–Crippen LogP) is 4.16. The predicted molar refractivity (Wildman–Crippen MR) is 126 cm³/mol. The van der Waals surface area contributed by atoms with Crippen LogP contribution in [-0.2, 0) is 16.0 Å². The van der Waals surface area contributed by atoms with E-state index in [1.807, 2.05) is 0 Å². The molecule has 0 aromatic heterocycles. The van der Waals surface area contributed by atoms with Crippen molar-refractivity contribution in [2.24, 2.45) is 0 Å². The number of nitro benzene ring substituents is 1. The summed E-state index contributed by atoms with van der Waals surface area (Å²) in [7, 11) is 0. The number of esters is 1. The van der Waals surface area contributed by atoms with Crippen molar-refractivity contribution in [3.63, 3.8) is 0 Å². The molecular formula is C24H19ClFN3O6. The second kappa shape index (κ2) is 11.7. The fourth-order valence-electron chi connectivity index (χ4n) is 3.02. The molecule has 0 atom stereocenters. The van der Waals surface area contributed by atoms with Gasteiger partial charge in [-0.2, -0.15) is 0 Å². The third kappa shape index (κ3) is 7.08. The van der Waals surface area contributed by atoms with Gasteiger partial charge in [-0.25, -0.2) is 9.18 Å². The fourth-order valence-corrected chi connectivity index (χ4v) is 3.28. The average Bonchev–Trinajstić information content (AvgIpc) is 2.84. The Morgan fingerprint density at radius 3 is 2.40 bits per heavy atom. The quantitative estimate of drug-likeness (QED) is 0.258. The zero-order chi connectivity index (χ0) is 25.4. The summed E-state index contributed by atoms with van der Waals surface area (Å²) in [5.74, 6) is -2.41. The lowest BCUT2D eigenvalue weighted by molar-refractivity contribution is -0.384. The molecule has 3 aromatic carbocycles. The highest BCUT2D eigenvalue weighted by Gasteiger charge is 2.19. The lowest BCUT2D eigenvalue weighted by Gasteiger charge is -2.12. The van der Waals surface area contributed by atoms with E-state index in [1.54, 1.807) is 24.3 Å². The third-order valence-corrected chi connectivity index (χ3v) is 5.10. The zero-order valence-electron chi connectivity index (χ0n) is 18.1. The van der Waals surface area contributed by atoms with Gasteiger partial charge in [-0.1, -0.05) is 35.9 Å². The number of benzene rings is 3. The minimum Gasteiger partial charge on any atom is -0.452 e. The SMILES string of the molecule is O=C(COC(=O)c1ccccc1NC(=O)c1ccc([N+](=O)[O-])cc1Cl)NCCc1ccc(F)cc1. The van der Waals surface area contributed by atoms with Crippen LogP contribution >= 0.6 is 11.6 Å². The van der Waals surface area contributed by atoms with Crippen LogP contribution in [0.2, 0.25) is 5.02 Å². The molecule has 35 heavy (non-hydrogen) atoms. The van der Waals surface area contributed by atoms with Gasteiger partial charge in [0.05, 0.1) is 26.8 Å². The minimum atomic E-state index is -0.843. The highest BCUT2D eigenvalue weighted by molar-refractivity contribution is 6.34. The fraction of sp³-hybridized carbons (Fsp3) is 0.125. The molecule has 0 spiro atoms. The Kier molecular flexibility index (Phi) is 8.47. The number of halogens is 2. The summed E-state index contributed by atoms with van der Waals surface area (Å²) in [5, 5.41) is 15.8. The van der Waals surface area contributed by atoms with E-state index in [0.29, 0.717) is 6.42 Å². The number of hydrogen-bond acceptors (Lipinski definition) is 6. The Balaban J connectivity index is 1.56. The molecule has 0 aliphatic rings. The van der Waals surface area contributed by atoms with Crippen molar-refractivity contribution >= 4 is 40.8 Å². The number of non-ortho nitro benzene ring substituents is 1. The molecule has 0 unspecified atom stereocenters. The van der Waals surface area contributed by atoms with Crippen molar-refractivity contribution in [2.45, 2.75) is 6.42 Å². The normalized spacial score (nSPS) is 10.3. The maximum absolute atomic E-state index is 12.9. The molecule has 0 heterocycles. The van der Waals surface area contributed by atoms with Crippen LogP contribution in [0, 0.1) is 15.9 Å². The van der Waals surface area contributed by atoms with Crippen LogP contribution in [0.25, 0.3) is 0 Å². The second-order valence-corrected chi connectivity index (χ2v) is 7.63. The molecule has 0 bridgehead atoms. The van der Waals surface area contributed by atoms with E-state index in [2.05, 4.69) is 10.6 Å². The first-order chi connectivity index (χ1) is 16.7. The number of ether oxygens (including phenoxy) is 1. The van der Waals surface area contributed by atoms with E-state index in [1.165, 1.54) is 30.3 Å². The number of carbonyl (C=O) groups excluding carboxylic acids is 3. The molecule has 0 aliphatic heterocycles. The molecule has 11 heteroatoms. The summed E-state index contributed by atoms with van der Waals surface area (Å²) in [6.45, 7) is -0.274. The number of rotatable bonds is 9. The van der Waals surface area contributed by atoms with Crippen LogP contribution in [0.3, 0.4) is 0 Å². The number of nitro groups is 1. The Morgan fingerprint density at radius 1 is 1.00 bits per heavy atom. The highest BCUT2D eigenvalue weighted by atomic mass is 35.5. The number of amides is 2. The van der Waals surface area contributed by atoms with Crippen molar-refractivity contribution in [1.82, 2.24) is 5.32 Å². The van der Waals surface area contributed by atoms with Gasteiger partial charge < -0.3 is 15.4 Å². The Bertz CT molecular complexity index is 1270. The summed E-state index contributed by atoms with van der Waals surface area (Å²) in [5.41, 5.74) is 0.639. The van der Waals surface area contributed by atoms with Gasteiger partial charge in [0.1, 0.15) is 5.82 Å². The van der Waals surface area contributed by atoms with Gasteiger partial charge in [-0.3, -0.25) is 19.7 Å². The first kappa shape index (κ1) is 25.3. The minimum absolute atomic E-state index is 0.00186. The molecule has 0 fully saturated rings. The van der Waals surface area contributed by atoms with Crippen molar-refractivity contribution in [3.05, 3.63) is 104 Å². The molecule has 9 nitrogen and oxygen atoms in total. The van der Waals surface area contributed by atoms with Crippen LogP contribution < -0.4 is 10.6 Å². The number of anilines is 1. The zero-order valence-corrected chi connectivity index (χ0v) is 18.9. The van der Waals surface area contributed by atoms with Crippen LogP contribution in [0.15, 0.2) is 66.7 Å². The van der Waals surface area contributed by atoms with Crippen LogP contribution in [0.4, 0.5) is 15.8 Å². The van der Waals surface area contributed by atoms with E-state index in [4.69, 9.17) is 16.3 Å². The average molecular weight is 500 g/mol. The second-order valence-electron chi connectivity index (χ2n) is 7.22. The first-order valence-corrected chi connectivity index (χ1v) is 10.6. The molecule has 2 N–H and O–H groups in total. The molecule has 0 saturated heterocycles. The van der Waals surface area contributed by atoms with Gasteiger partial charge in [-0.05, 0) is 42.3 Å². The first-order valence-electron chi connectivity index (χ1n) is 10.3. The Labute approximate surface area is 204 Å². The Morgan fingerprint density at radius 2 is 1.71 bits per heavy atom. The van der Waals surface area contributed by atoms with Crippen molar-refractivity contribution in [2.75, 3.05) is 18.5 Å². The van der Waals surface area contributed by atoms with Crippen LogP contribution in [-0.4, -0.2) is 35.9 Å². The van der Waals surface area contributed by atoms with Crippen LogP contribution in [0.5, 0.6) is 0 Å². The maximum atomic E-state index is 12.9. The smallest absolute Gasteiger partial charge is 0.340 e. The largest absolute Gasteiger partial charge is 0.452 e. The molecule has 0 saturated carbocycles. The molecule has 2 amide bonds.